The van der Waals surface area contributed by atoms with Crippen LogP contribution in [0, 0.1) is 12.7 Å². The van der Waals surface area contributed by atoms with Gasteiger partial charge in [-0.15, -0.1) is 0 Å². The molecule has 1 fully saturated rings. The predicted octanol–water partition coefficient (Wildman–Crippen LogP) is 3.49. The number of halogens is 1. The number of likely N-dealkylation sites (tertiary alicyclic amines) is 1. The molecule has 1 aromatic carbocycles. The van der Waals surface area contributed by atoms with Crippen molar-refractivity contribution in [1.29, 1.82) is 0 Å². The Kier molecular flexibility index (Phi) is 6.04. The number of aromatic nitrogens is 4. The van der Waals surface area contributed by atoms with Gasteiger partial charge in [0.25, 0.3) is 5.19 Å². The van der Waals surface area contributed by atoms with Gasteiger partial charge in [0, 0.05) is 30.8 Å². The number of fused-ring (bicyclic) bond motifs is 3. The molecule has 192 valence electrons. The van der Waals surface area contributed by atoms with Crippen molar-refractivity contribution in [2.75, 3.05) is 26.2 Å². The van der Waals surface area contributed by atoms with Gasteiger partial charge in [0.05, 0.1) is 17.7 Å². The second-order valence-electron chi connectivity index (χ2n) is 8.69. The molecule has 0 atom stereocenters. The van der Waals surface area contributed by atoms with Crippen molar-refractivity contribution in [3.8, 4) is 16.7 Å². The number of nitrogens with zero attached hydrogens (tertiary/aromatic N) is 5. The highest BCUT2D eigenvalue weighted by Crippen LogP contribution is 2.36. The zero-order valence-electron chi connectivity index (χ0n) is 19.6. The van der Waals surface area contributed by atoms with Crippen molar-refractivity contribution < 1.29 is 27.0 Å². The molecule has 5 heterocycles. The monoisotopic (exact) mass is 529 g/mol. The lowest BCUT2D eigenvalue weighted by Crippen LogP contribution is -2.34. The van der Waals surface area contributed by atoms with Gasteiger partial charge in [-0.05, 0) is 32.4 Å². The Hall–Kier alpha value is -3.91. The van der Waals surface area contributed by atoms with Crippen LogP contribution in [-0.4, -0.2) is 51.4 Å². The van der Waals surface area contributed by atoms with Gasteiger partial charge in [-0.1, -0.05) is 21.7 Å². The summed E-state index contributed by atoms with van der Waals surface area (Å²) in [6, 6.07) is 1.08. The highest BCUT2D eigenvalue weighted by Gasteiger charge is 2.28. The molecule has 4 aromatic heterocycles. The minimum absolute atomic E-state index is 0.0159. The second-order valence-corrected chi connectivity index (χ2v) is 9.51. The molecule has 0 spiro atoms. The van der Waals surface area contributed by atoms with Gasteiger partial charge in [-0.25, -0.2) is 14.0 Å². The Balaban J connectivity index is 1.06. The van der Waals surface area contributed by atoms with Gasteiger partial charge < -0.3 is 27.5 Å². The number of ether oxygens (including phenoxy) is 1. The van der Waals surface area contributed by atoms with E-state index in [1.165, 1.54) is 11.3 Å². The van der Waals surface area contributed by atoms with Crippen LogP contribution in [0.15, 0.2) is 38.9 Å². The van der Waals surface area contributed by atoms with E-state index in [0.29, 0.717) is 40.3 Å². The van der Waals surface area contributed by atoms with Gasteiger partial charge in [0.1, 0.15) is 5.69 Å². The SMILES string of the molecule is Cc1nc(-c2csc(OCCCN3CCC(c4noc5cc(F)c6oc(=O)c(=O)oc6c45)CC3)n2)no1. The quantitative estimate of drug-likeness (QED) is 0.224. The number of rotatable bonds is 7. The van der Waals surface area contributed by atoms with Crippen LogP contribution in [0.2, 0.25) is 0 Å². The van der Waals surface area contributed by atoms with E-state index < -0.39 is 22.7 Å². The summed E-state index contributed by atoms with van der Waals surface area (Å²) < 4.78 is 40.3. The minimum Gasteiger partial charge on any atom is -0.470 e. The van der Waals surface area contributed by atoms with Gasteiger partial charge in [-0.2, -0.15) is 9.97 Å². The van der Waals surface area contributed by atoms with Crippen molar-refractivity contribution in [3.63, 3.8) is 0 Å². The van der Waals surface area contributed by atoms with Crippen LogP contribution >= 0.6 is 11.3 Å². The van der Waals surface area contributed by atoms with Crippen LogP contribution in [0.1, 0.15) is 36.8 Å². The van der Waals surface area contributed by atoms with E-state index in [2.05, 4.69) is 25.2 Å². The normalized spacial score (nSPS) is 15.2. The summed E-state index contributed by atoms with van der Waals surface area (Å²) in [6.45, 7) is 4.72. The highest BCUT2D eigenvalue weighted by molar-refractivity contribution is 7.11. The Labute approximate surface area is 210 Å². The van der Waals surface area contributed by atoms with Crippen molar-refractivity contribution in [2.45, 2.75) is 32.1 Å². The molecule has 1 saturated heterocycles. The average Bonchev–Trinajstić information content (AvgIpc) is 3.63. The first-order valence-electron chi connectivity index (χ1n) is 11.6. The molecule has 6 rings (SSSR count). The van der Waals surface area contributed by atoms with Gasteiger partial charge in [-0.3, -0.25) is 0 Å². The van der Waals surface area contributed by atoms with Gasteiger partial charge >= 0.3 is 11.3 Å². The Morgan fingerprint density at radius 2 is 1.89 bits per heavy atom. The topological polar surface area (TPSA) is 151 Å². The second kappa shape index (κ2) is 9.52. The molecule has 0 radical (unpaired) electrons. The first kappa shape index (κ1) is 23.5. The molecular formula is C23H20FN5O7S. The van der Waals surface area contributed by atoms with Gasteiger partial charge in [0.15, 0.2) is 17.0 Å². The van der Waals surface area contributed by atoms with Crippen LogP contribution in [0.5, 0.6) is 5.19 Å². The van der Waals surface area contributed by atoms with Crippen molar-refractivity contribution in [2.24, 2.45) is 0 Å². The molecule has 0 aliphatic carbocycles. The molecule has 0 saturated carbocycles. The van der Waals surface area contributed by atoms with Crippen LogP contribution in [0.3, 0.4) is 0 Å². The third kappa shape index (κ3) is 4.53. The zero-order valence-corrected chi connectivity index (χ0v) is 20.4. The number of benzene rings is 1. The molecule has 0 bridgehead atoms. The van der Waals surface area contributed by atoms with Crippen molar-refractivity contribution in [1.82, 2.24) is 25.2 Å². The largest absolute Gasteiger partial charge is 0.470 e. The molecule has 1 aliphatic rings. The fourth-order valence-electron chi connectivity index (χ4n) is 4.49. The highest BCUT2D eigenvalue weighted by atomic mass is 32.1. The maximum Gasteiger partial charge on any atom is 0.423 e. The number of piperidine rings is 1. The van der Waals surface area contributed by atoms with Crippen LogP contribution in [0.25, 0.3) is 33.7 Å². The zero-order chi connectivity index (χ0) is 25.5. The molecule has 14 heteroatoms. The standard InChI is InChI=1S/C23H20FN5O7S/c1-11-25-20(28-35-11)14-10-37-23(26-14)32-8-2-5-29-6-3-12(4-7-29)17-16-15(36-27-17)9-13(24)18-19(16)34-22(31)21(30)33-18/h9-10,12H,2-8H2,1H3. The predicted molar refractivity (Wildman–Crippen MR) is 127 cm³/mol. The van der Waals surface area contributed by atoms with Gasteiger partial charge in [0.2, 0.25) is 17.3 Å². The summed E-state index contributed by atoms with van der Waals surface area (Å²) in [6.07, 6.45) is 2.38. The average molecular weight is 530 g/mol. The molecule has 0 N–H and O–H groups in total. The lowest BCUT2D eigenvalue weighted by Gasteiger charge is -2.31. The lowest BCUT2D eigenvalue weighted by molar-refractivity contribution is 0.190. The van der Waals surface area contributed by atoms with E-state index >= 15 is 0 Å². The molecule has 37 heavy (non-hydrogen) atoms. The van der Waals surface area contributed by atoms with Crippen LogP contribution in [0.4, 0.5) is 4.39 Å². The van der Waals surface area contributed by atoms with E-state index in [9.17, 15) is 14.0 Å². The fraction of sp³-hybridized carbons (Fsp3) is 0.391. The Morgan fingerprint density at radius 1 is 1.11 bits per heavy atom. The van der Waals surface area contributed by atoms with E-state index in [4.69, 9.17) is 22.6 Å². The maximum atomic E-state index is 14.4. The van der Waals surface area contributed by atoms with E-state index in [-0.39, 0.29) is 17.1 Å². The number of hydrogen-bond donors (Lipinski definition) is 0. The summed E-state index contributed by atoms with van der Waals surface area (Å²) in [5, 5.41) is 10.7. The first-order valence-corrected chi connectivity index (χ1v) is 12.5. The number of hydrogen-bond acceptors (Lipinski definition) is 13. The minimum atomic E-state index is -1.27. The summed E-state index contributed by atoms with van der Waals surface area (Å²) in [5.41, 5.74) is -1.72. The maximum absolute atomic E-state index is 14.4. The molecule has 12 nitrogen and oxygen atoms in total. The summed E-state index contributed by atoms with van der Waals surface area (Å²) in [7, 11) is 0. The molecular weight excluding hydrogens is 509 g/mol. The Morgan fingerprint density at radius 3 is 2.65 bits per heavy atom. The lowest BCUT2D eigenvalue weighted by atomic mass is 9.91. The summed E-state index contributed by atoms with van der Waals surface area (Å²) in [5.74, 6) is 0.0773. The van der Waals surface area contributed by atoms with Crippen LogP contribution < -0.4 is 16.0 Å². The van der Waals surface area contributed by atoms with Crippen molar-refractivity contribution >= 4 is 33.5 Å². The number of thiazole rings is 1. The molecule has 0 amide bonds. The molecule has 5 aromatic rings. The fourth-order valence-corrected chi connectivity index (χ4v) is 5.17. The van der Waals surface area contributed by atoms with E-state index in [0.717, 1.165) is 45.0 Å². The van der Waals surface area contributed by atoms with E-state index in [1.54, 1.807) is 6.92 Å². The summed E-state index contributed by atoms with van der Waals surface area (Å²) >= 11 is 1.38. The smallest absolute Gasteiger partial charge is 0.423 e. The number of aryl methyl sites for hydroxylation is 1. The third-order valence-corrected chi connectivity index (χ3v) is 7.02. The molecule has 0 unspecified atom stereocenters. The summed E-state index contributed by atoms with van der Waals surface area (Å²) in [4.78, 5) is 34.1. The van der Waals surface area contributed by atoms with E-state index in [1.807, 2.05) is 5.38 Å². The third-order valence-electron chi connectivity index (χ3n) is 6.27. The molecule has 1 aliphatic heterocycles. The first-order chi connectivity index (χ1) is 18.0. The Bertz CT molecular complexity index is 1700. The van der Waals surface area contributed by atoms with Crippen molar-refractivity contribution in [3.05, 3.63) is 49.7 Å². The van der Waals surface area contributed by atoms with Crippen LogP contribution in [-0.2, 0) is 0 Å².